The molecule has 4 nitrogen and oxygen atoms in total. The van der Waals surface area contributed by atoms with Gasteiger partial charge in [-0.05, 0) is 31.7 Å². The molecule has 1 aromatic rings. The molecule has 106 valence electrons. The SMILES string of the molecule is CNCc1ccc(N2CC(CO)OCC2C)c(Cl)c1. The molecule has 0 saturated carbocycles. The number of nitrogens with zero attached hydrogens (tertiary/aromatic N) is 1. The van der Waals surface area contributed by atoms with Crippen molar-refractivity contribution in [2.45, 2.75) is 25.6 Å². The predicted octanol–water partition coefficient (Wildman–Crippen LogP) is 1.65. The standard InChI is InChI=1S/C14H21ClN2O2/c1-10-9-19-12(8-18)7-17(10)14-4-3-11(6-16-2)5-13(14)15/h3-5,10,12,16,18H,6-9H2,1-2H3. The van der Waals surface area contributed by atoms with E-state index in [1.165, 1.54) is 0 Å². The Bertz CT molecular complexity index is 428. The van der Waals surface area contributed by atoms with Crippen molar-refractivity contribution in [1.29, 1.82) is 0 Å². The quantitative estimate of drug-likeness (QED) is 0.882. The topological polar surface area (TPSA) is 44.7 Å². The number of ether oxygens (including phenoxy) is 1. The van der Waals surface area contributed by atoms with Crippen molar-refractivity contribution < 1.29 is 9.84 Å². The third-order valence-corrected chi connectivity index (χ3v) is 3.71. The molecule has 0 radical (unpaired) electrons. The molecule has 1 saturated heterocycles. The third-order valence-electron chi connectivity index (χ3n) is 3.41. The number of aliphatic hydroxyl groups excluding tert-OH is 1. The summed E-state index contributed by atoms with van der Waals surface area (Å²) in [6, 6.07) is 6.37. The molecule has 1 aromatic carbocycles. The van der Waals surface area contributed by atoms with Crippen LogP contribution in [0.1, 0.15) is 12.5 Å². The fraction of sp³-hybridized carbons (Fsp3) is 0.571. The monoisotopic (exact) mass is 284 g/mol. The molecule has 1 fully saturated rings. The Balaban J connectivity index is 2.19. The summed E-state index contributed by atoms with van der Waals surface area (Å²) < 4.78 is 5.55. The maximum Gasteiger partial charge on any atom is 0.0981 e. The average Bonchev–Trinajstić information content (AvgIpc) is 2.40. The van der Waals surface area contributed by atoms with E-state index in [1.54, 1.807) is 0 Å². The number of rotatable bonds is 4. The lowest BCUT2D eigenvalue weighted by atomic mass is 10.1. The summed E-state index contributed by atoms with van der Waals surface area (Å²) >= 11 is 6.38. The summed E-state index contributed by atoms with van der Waals surface area (Å²) in [4.78, 5) is 2.20. The van der Waals surface area contributed by atoms with E-state index in [0.717, 1.165) is 22.8 Å². The lowest BCUT2D eigenvalue weighted by Gasteiger charge is -2.39. The van der Waals surface area contributed by atoms with Crippen molar-refractivity contribution in [3.8, 4) is 0 Å². The maximum absolute atomic E-state index is 9.23. The van der Waals surface area contributed by atoms with Crippen LogP contribution in [0.25, 0.3) is 0 Å². The van der Waals surface area contributed by atoms with Gasteiger partial charge < -0.3 is 20.1 Å². The van der Waals surface area contributed by atoms with Crippen molar-refractivity contribution in [3.63, 3.8) is 0 Å². The zero-order chi connectivity index (χ0) is 13.8. The lowest BCUT2D eigenvalue weighted by Crippen LogP contribution is -2.49. The second-order valence-corrected chi connectivity index (χ2v) is 5.36. The molecule has 0 aromatic heterocycles. The summed E-state index contributed by atoms with van der Waals surface area (Å²) in [6.45, 7) is 4.23. The second-order valence-electron chi connectivity index (χ2n) is 4.96. The molecule has 19 heavy (non-hydrogen) atoms. The number of halogens is 1. The van der Waals surface area contributed by atoms with Crippen molar-refractivity contribution >= 4 is 17.3 Å². The number of anilines is 1. The van der Waals surface area contributed by atoms with Gasteiger partial charge in [0.15, 0.2) is 0 Å². The van der Waals surface area contributed by atoms with Gasteiger partial charge in [0.1, 0.15) is 0 Å². The maximum atomic E-state index is 9.23. The molecule has 2 N–H and O–H groups in total. The summed E-state index contributed by atoms with van der Waals surface area (Å²) in [6.07, 6.45) is -0.135. The van der Waals surface area contributed by atoms with Crippen LogP contribution in [-0.4, -0.2) is 44.1 Å². The smallest absolute Gasteiger partial charge is 0.0981 e. The second kappa shape index (κ2) is 6.57. The zero-order valence-corrected chi connectivity index (χ0v) is 12.2. The Labute approximate surface area is 119 Å². The lowest BCUT2D eigenvalue weighted by molar-refractivity contribution is -0.0103. The Hall–Kier alpha value is -0.810. The van der Waals surface area contributed by atoms with Crippen LogP contribution in [0.2, 0.25) is 5.02 Å². The van der Waals surface area contributed by atoms with Crippen molar-refractivity contribution in [2.75, 3.05) is 31.7 Å². The Kier molecular flexibility index (Phi) is 5.05. The van der Waals surface area contributed by atoms with E-state index in [0.29, 0.717) is 13.2 Å². The van der Waals surface area contributed by atoms with Crippen LogP contribution in [0.3, 0.4) is 0 Å². The summed E-state index contributed by atoms with van der Waals surface area (Å²) in [7, 11) is 1.91. The van der Waals surface area contributed by atoms with Crippen molar-refractivity contribution in [1.82, 2.24) is 5.32 Å². The van der Waals surface area contributed by atoms with E-state index in [9.17, 15) is 5.11 Å². The highest BCUT2D eigenvalue weighted by Crippen LogP contribution is 2.30. The Morgan fingerprint density at radius 2 is 2.32 bits per heavy atom. The fourth-order valence-corrected chi connectivity index (χ4v) is 2.67. The van der Waals surface area contributed by atoms with Gasteiger partial charge in [0, 0.05) is 19.1 Å². The first-order valence-corrected chi connectivity index (χ1v) is 6.95. The minimum Gasteiger partial charge on any atom is -0.394 e. The van der Waals surface area contributed by atoms with Crippen LogP contribution >= 0.6 is 11.6 Å². The number of hydrogen-bond acceptors (Lipinski definition) is 4. The molecular formula is C14H21ClN2O2. The summed E-state index contributed by atoms with van der Waals surface area (Å²) in [5.41, 5.74) is 2.17. The molecule has 0 spiro atoms. The molecular weight excluding hydrogens is 264 g/mol. The van der Waals surface area contributed by atoms with Crippen molar-refractivity contribution in [2.24, 2.45) is 0 Å². The largest absolute Gasteiger partial charge is 0.394 e. The van der Waals surface area contributed by atoms with Crippen LogP contribution in [-0.2, 0) is 11.3 Å². The van der Waals surface area contributed by atoms with E-state index >= 15 is 0 Å². The van der Waals surface area contributed by atoms with Crippen LogP contribution in [0.5, 0.6) is 0 Å². The highest BCUT2D eigenvalue weighted by Gasteiger charge is 2.27. The third kappa shape index (κ3) is 3.39. The van der Waals surface area contributed by atoms with Crippen LogP contribution in [0.15, 0.2) is 18.2 Å². The number of hydrogen-bond donors (Lipinski definition) is 2. The average molecular weight is 285 g/mol. The number of nitrogens with one attached hydrogen (secondary N) is 1. The van der Waals surface area contributed by atoms with Gasteiger partial charge >= 0.3 is 0 Å². The van der Waals surface area contributed by atoms with Gasteiger partial charge in [-0.1, -0.05) is 17.7 Å². The number of aliphatic hydroxyl groups is 1. The Morgan fingerprint density at radius 1 is 1.53 bits per heavy atom. The van der Waals surface area contributed by atoms with Crippen molar-refractivity contribution in [3.05, 3.63) is 28.8 Å². The van der Waals surface area contributed by atoms with Crippen LogP contribution in [0, 0.1) is 0 Å². The van der Waals surface area contributed by atoms with E-state index in [-0.39, 0.29) is 18.8 Å². The Morgan fingerprint density at radius 3 is 2.95 bits per heavy atom. The number of morpholine rings is 1. The molecule has 1 aliphatic rings. The van der Waals surface area contributed by atoms with Gasteiger partial charge in [0.2, 0.25) is 0 Å². The van der Waals surface area contributed by atoms with Gasteiger partial charge in [-0.15, -0.1) is 0 Å². The molecule has 1 heterocycles. The molecule has 0 aliphatic carbocycles. The molecule has 5 heteroatoms. The summed E-state index contributed by atoms with van der Waals surface area (Å²) in [5, 5.41) is 13.1. The molecule has 1 aliphatic heterocycles. The molecule has 2 rings (SSSR count). The molecule has 2 unspecified atom stereocenters. The zero-order valence-electron chi connectivity index (χ0n) is 11.4. The predicted molar refractivity (Wildman–Crippen MR) is 77.8 cm³/mol. The summed E-state index contributed by atoms with van der Waals surface area (Å²) in [5.74, 6) is 0. The highest BCUT2D eigenvalue weighted by molar-refractivity contribution is 6.33. The fourth-order valence-electron chi connectivity index (χ4n) is 2.36. The first kappa shape index (κ1) is 14.6. The number of benzene rings is 1. The van der Waals surface area contributed by atoms with Gasteiger partial charge in [-0.2, -0.15) is 0 Å². The first-order valence-electron chi connectivity index (χ1n) is 6.57. The molecule has 2 atom stereocenters. The van der Waals surface area contributed by atoms with Gasteiger partial charge in [0.05, 0.1) is 30.0 Å². The minimum absolute atomic E-state index is 0.0404. The first-order chi connectivity index (χ1) is 9.15. The van der Waals surface area contributed by atoms with Crippen LogP contribution in [0.4, 0.5) is 5.69 Å². The van der Waals surface area contributed by atoms with E-state index in [4.69, 9.17) is 16.3 Å². The van der Waals surface area contributed by atoms with Gasteiger partial charge in [-0.25, -0.2) is 0 Å². The van der Waals surface area contributed by atoms with E-state index < -0.39 is 0 Å². The van der Waals surface area contributed by atoms with Gasteiger partial charge in [0.25, 0.3) is 0 Å². The minimum atomic E-state index is -0.135. The van der Waals surface area contributed by atoms with E-state index in [2.05, 4.69) is 23.2 Å². The van der Waals surface area contributed by atoms with Gasteiger partial charge in [-0.3, -0.25) is 0 Å². The highest BCUT2D eigenvalue weighted by atomic mass is 35.5. The normalized spacial score (nSPS) is 23.7. The molecule has 0 amide bonds. The van der Waals surface area contributed by atoms with Crippen LogP contribution < -0.4 is 10.2 Å². The molecule has 0 bridgehead atoms. The van der Waals surface area contributed by atoms with E-state index in [1.807, 2.05) is 19.2 Å².